The summed E-state index contributed by atoms with van der Waals surface area (Å²) in [4.78, 5) is 2.55. The van der Waals surface area contributed by atoms with E-state index in [0.29, 0.717) is 6.54 Å². The molecule has 2 rings (SSSR count). The van der Waals surface area contributed by atoms with E-state index in [9.17, 15) is 0 Å². The summed E-state index contributed by atoms with van der Waals surface area (Å²) in [6.45, 7) is 4.93. The number of para-hydroxylation sites is 1. The summed E-state index contributed by atoms with van der Waals surface area (Å²) >= 11 is 2.07. The zero-order valence-electron chi connectivity index (χ0n) is 11.5. The van der Waals surface area contributed by atoms with Gasteiger partial charge in [-0.15, -0.1) is 0 Å². The van der Waals surface area contributed by atoms with Gasteiger partial charge in [-0.3, -0.25) is 0 Å². The van der Waals surface area contributed by atoms with Gasteiger partial charge in [0.1, 0.15) is 5.75 Å². The summed E-state index contributed by atoms with van der Waals surface area (Å²) in [6, 6.07) is 8.04. The van der Waals surface area contributed by atoms with Gasteiger partial charge in [-0.1, -0.05) is 18.2 Å². The van der Waals surface area contributed by atoms with Gasteiger partial charge in [0.05, 0.1) is 6.61 Å². The van der Waals surface area contributed by atoms with Crippen LogP contribution < -0.4 is 10.5 Å². The molecular weight excluding hydrogens is 256 g/mol. The number of nitrogens with zero attached hydrogens (tertiary/aromatic N) is 1. The predicted molar refractivity (Wildman–Crippen MR) is 82.8 cm³/mol. The first-order valence-corrected chi connectivity index (χ1v) is 8.26. The number of hydrogen-bond acceptors (Lipinski definition) is 4. The van der Waals surface area contributed by atoms with Gasteiger partial charge in [-0.25, -0.2) is 0 Å². The number of benzene rings is 1. The van der Waals surface area contributed by atoms with Gasteiger partial charge in [0.2, 0.25) is 0 Å². The van der Waals surface area contributed by atoms with Crippen molar-refractivity contribution >= 4 is 11.8 Å². The average Bonchev–Trinajstić information content (AvgIpc) is 2.72. The second-order valence-electron chi connectivity index (χ2n) is 4.82. The van der Waals surface area contributed by atoms with Gasteiger partial charge in [0.15, 0.2) is 0 Å². The highest BCUT2D eigenvalue weighted by atomic mass is 32.2. The number of thioether (sulfide) groups is 1. The van der Waals surface area contributed by atoms with Crippen molar-refractivity contribution in [1.82, 2.24) is 4.90 Å². The summed E-state index contributed by atoms with van der Waals surface area (Å²) in [5, 5.41) is 0. The number of hydrogen-bond donors (Lipinski definition) is 1. The fourth-order valence-corrected chi connectivity index (χ4v) is 3.23. The fraction of sp³-hybridized carbons (Fsp3) is 0.600. The maximum absolute atomic E-state index is 5.84. The van der Waals surface area contributed by atoms with Crippen LogP contribution >= 0.6 is 11.8 Å². The Labute approximate surface area is 120 Å². The Balaban J connectivity index is 1.68. The number of nitrogens with two attached hydrogens (primary N) is 1. The quantitative estimate of drug-likeness (QED) is 0.812. The Hall–Kier alpha value is -0.710. The molecule has 3 nitrogen and oxygen atoms in total. The van der Waals surface area contributed by atoms with Gasteiger partial charge in [0, 0.05) is 31.0 Å². The van der Waals surface area contributed by atoms with Crippen LogP contribution in [0.25, 0.3) is 0 Å². The first-order valence-electron chi connectivity index (χ1n) is 7.11. The van der Waals surface area contributed by atoms with Crippen molar-refractivity contribution < 1.29 is 4.74 Å². The predicted octanol–water partition coefficient (Wildman–Crippen LogP) is 2.35. The third kappa shape index (κ3) is 5.05. The van der Waals surface area contributed by atoms with Crippen molar-refractivity contribution in [2.24, 2.45) is 5.73 Å². The molecule has 1 fully saturated rings. The lowest BCUT2D eigenvalue weighted by atomic mass is 10.2. The van der Waals surface area contributed by atoms with E-state index in [1.54, 1.807) is 0 Å². The molecule has 0 saturated carbocycles. The van der Waals surface area contributed by atoms with E-state index >= 15 is 0 Å². The molecule has 0 spiro atoms. The normalized spacial score (nSPS) is 17.1. The molecule has 2 N–H and O–H groups in total. The zero-order chi connectivity index (χ0) is 13.3. The van der Waals surface area contributed by atoms with Crippen molar-refractivity contribution in [2.75, 3.05) is 37.7 Å². The van der Waals surface area contributed by atoms with Crippen molar-refractivity contribution in [1.29, 1.82) is 0 Å². The largest absolute Gasteiger partial charge is 0.493 e. The third-order valence-electron chi connectivity index (χ3n) is 3.38. The number of rotatable bonds is 6. The summed E-state index contributed by atoms with van der Waals surface area (Å²) in [7, 11) is 0. The van der Waals surface area contributed by atoms with E-state index in [1.165, 1.54) is 31.0 Å². The third-order valence-corrected chi connectivity index (χ3v) is 4.43. The molecule has 106 valence electrons. The van der Waals surface area contributed by atoms with Crippen LogP contribution in [0.5, 0.6) is 5.75 Å². The smallest absolute Gasteiger partial charge is 0.123 e. The van der Waals surface area contributed by atoms with Gasteiger partial charge in [-0.2, -0.15) is 11.8 Å². The highest BCUT2D eigenvalue weighted by Gasteiger charge is 2.08. The molecule has 19 heavy (non-hydrogen) atoms. The molecule has 0 amide bonds. The van der Waals surface area contributed by atoms with Crippen LogP contribution in [0.1, 0.15) is 18.4 Å². The maximum Gasteiger partial charge on any atom is 0.123 e. The van der Waals surface area contributed by atoms with Gasteiger partial charge >= 0.3 is 0 Å². The van der Waals surface area contributed by atoms with E-state index in [0.717, 1.165) is 30.9 Å². The van der Waals surface area contributed by atoms with Crippen molar-refractivity contribution in [3.05, 3.63) is 29.8 Å². The summed E-state index contributed by atoms with van der Waals surface area (Å²) in [5.41, 5.74) is 6.79. The Bertz CT molecular complexity index is 365. The highest BCUT2D eigenvalue weighted by Crippen LogP contribution is 2.17. The van der Waals surface area contributed by atoms with Crippen LogP contribution in [0.15, 0.2) is 24.3 Å². The first kappa shape index (κ1) is 14.7. The summed E-state index contributed by atoms with van der Waals surface area (Å²) in [6.07, 6.45) is 2.41. The zero-order valence-corrected chi connectivity index (χ0v) is 12.3. The molecule has 1 aliphatic heterocycles. The Morgan fingerprint density at radius 3 is 3.00 bits per heavy atom. The Morgan fingerprint density at radius 2 is 2.11 bits per heavy atom. The molecule has 0 unspecified atom stereocenters. The monoisotopic (exact) mass is 280 g/mol. The van der Waals surface area contributed by atoms with Crippen LogP contribution in [-0.2, 0) is 6.54 Å². The molecule has 0 atom stereocenters. The molecule has 0 aromatic heterocycles. The number of ether oxygens (including phenoxy) is 1. The van der Waals surface area contributed by atoms with Crippen molar-refractivity contribution in [2.45, 2.75) is 19.4 Å². The molecule has 1 aliphatic rings. The lowest BCUT2D eigenvalue weighted by molar-refractivity contribution is 0.244. The summed E-state index contributed by atoms with van der Waals surface area (Å²) < 4.78 is 5.84. The SMILES string of the molecule is NCc1ccccc1OCCCN1CCCSCC1. The maximum atomic E-state index is 5.84. The molecule has 0 aliphatic carbocycles. The van der Waals surface area contributed by atoms with E-state index < -0.39 is 0 Å². The molecule has 0 bridgehead atoms. The Kier molecular flexibility index (Phi) is 6.54. The van der Waals surface area contributed by atoms with E-state index in [1.807, 2.05) is 24.3 Å². The molecular formula is C15H24N2OS. The van der Waals surface area contributed by atoms with Crippen molar-refractivity contribution in [3.63, 3.8) is 0 Å². The average molecular weight is 280 g/mol. The molecule has 1 aromatic carbocycles. The van der Waals surface area contributed by atoms with Crippen LogP contribution in [0.2, 0.25) is 0 Å². The van der Waals surface area contributed by atoms with E-state index in [4.69, 9.17) is 10.5 Å². The molecule has 1 saturated heterocycles. The minimum Gasteiger partial charge on any atom is -0.493 e. The van der Waals surface area contributed by atoms with E-state index in [-0.39, 0.29) is 0 Å². The lowest BCUT2D eigenvalue weighted by Gasteiger charge is -2.19. The van der Waals surface area contributed by atoms with Crippen LogP contribution in [0.3, 0.4) is 0 Å². The molecule has 4 heteroatoms. The minimum atomic E-state index is 0.541. The molecule has 1 heterocycles. The van der Waals surface area contributed by atoms with Gasteiger partial charge < -0.3 is 15.4 Å². The van der Waals surface area contributed by atoms with Crippen LogP contribution in [-0.4, -0.2) is 42.6 Å². The minimum absolute atomic E-state index is 0.541. The highest BCUT2D eigenvalue weighted by molar-refractivity contribution is 7.99. The Morgan fingerprint density at radius 1 is 1.21 bits per heavy atom. The molecule has 0 radical (unpaired) electrons. The van der Waals surface area contributed by atoms with Crippen molar-refractivity contribution in [3.8, 4) is 5.75 Å². The topological polar surface area (TPSA) is 38.5 Å². The fourth-order valence-electron chi connectivity index (χ4n) is 2.30. The standard InChI is InChI=1S/C15H24N2OS/c16-13-14-5-1-2-6-15(14)18-10-3-7-17-8-4-11-19-12-9-17/h1-2,5-6H,3-4,7-13,16H2. The summed E-state index contributed by atoms with van der Waals surface area (Å²) in [5.74, 6) is 3.53. The second kappa shape index (κ2) is 8.46. The second-order valence-corrected chi connectivity index (χ2v) is 6.05. The van der Waals surface area contributed by atoms with Crippen LogP contribution in [0, 0.1) is 0 Å². The molecule has 1 aromatic rings. The van der Waals surface area contributed by atoms with E-state index in [2.05, 4.69) is 16.7 Å². The lowest BCUT2D eigenvalue weighted by Crippen LogP contribution is -2.28. The van der Waals surface area contributed by atoms with Gasteiger partial charge in [-0.05, 0) is 31.2 Å². The van der Waals surface area contributed by atoms with Crippen LogP contribution in [0.4, 0.5) is 0 Å². The van der Waals surface area contributed by atoms with Gasteiger partial charge in [0.25, 0.3) is 0 Å². The first-order chi connectivity index (χ1) is 9.40.